The molecule has 0 aliphatic rings. The Hall–Kier alpha value is -2.73. The highest BCUT2D eigenvalue weighted by molar-refractivity contribution is 5.94. The quantitative estimate of drug-likeness (QED) is 0.706. The number of carbonyl (C=O) groups is 2. The molecule has 0 radical (unpaired) electrons. The molecule has 0 aliphatic carbocycles. The highest BCUT2D eigenvalue weighted by Crippen LogP contribution is 2.11. The van der Waals surface area contributed by atoms with Gasteiger partial charge >= 0.3 is 0 Å². The summed E-state index contributed by atoms with van der Waals surface area (Å²) in [7, 11) is 0. The molecule has 2 aromatic rings. The van der Waals surface area contributed by atoms with Gasteiger partial charge in [0.05, 0.1) is 0 Å². The summed E-state index contributed by atoms with van der Waals surface area (Å²) < 4.78 is 13.4. The minimum absolute atomic E-state index is 0.156. The van der Waals surface area contributed by atoms with Crippen LogP contribution in [0.1, 0.15) is 27.6 Å². The van der Waals surface area contributed by atoms with Crippen LogP contribution in [0.25, 0.3) is 0 Å². The van der Waals surface area contributed by atoms with Crippen LogP contribution in [-0.2, 0) is 4.79 Å². The lowest BCUT2D eigenvalue weighted by molar-refractivity contribution is -0.129. The van der Waals surface area contributed by atoms with Gasteiger partial charge in [-0.25, -0.2) is 4.39 Å². The monoisotopic (exact) mass is 330 g/mol. The summed E-state index contributed by atoms with van der Waals surface area (Å²) in [6, 6.07) is 12.8. The average molecular weight is 330 g/mol. The standard InChI is InChI=1S/C18H19FN2O3/c1-12-7-8-14(11-15(12)19)17(23)20-9-10-21-18(24)16(22)13-5-3-2-4-6-13/h2-8,11,16,22H,9-10H2,1H3,(H,20,23)(H,21,24). The fourth-order valence-electron chi connectivity index (χ4n) is 2.08. The van der Waals surface area contributed by atoms with E-state index in [1.807, 2.05) is 0 Å². The lowest BCUT2D eigenvalue weighted by Crippen LogP contribution is -2.37. The molecule has 126 valence electrons. The van der Waals surface area contributed by atoms with Crippen LogP contribution < -0.4 is 10.6 Å². The number of hydrogen-bond donors (Lipinski definition) is 3. The summed E-state index contributed by atoms with van der Waals surface area (Å²) in [6.45, 7) is 1.94. The van der Waals surface area contributed by atoms with Gasteiger partial charge in [0, 0.05) is 18.7 Å². The number of halogens is 1. The van der Waals surface area contributed by atoms with E-state index >= 15 is 0 Å². The van der Waals surface area contributed by atoms with Crippen molar-refractivity contribution in [2.45, 2.75) is 13.0 Å². The fraction of sp³-hybridized carbons (Fsp3) is 0.222. The molecule has 0 bridgehead atoms. The van der Waals surface area contributed by atoms with E-state index in [4.69, 9.17) is 0 Å². The predicted molar refractivity (Wildman–Crippen MR) is 87.9 cm³/mol. The number of carbonyl (C=O) groups excluding carboxylic acids is 2. The van der Waals surface area contributed by atoms with E-state index in [2.05, 4.69) is 10.6 Å². The number of hydrogen-bond acceptors (Lipinski definition) is 3. The van der Waals surface area contributed by atoms with Crippen molar-refractivity contribution in [3.8, 4) is 0 Å². The molecule has 0 aromatic heterocycles. The third-order valence-corrected chi connectivity index (χ3v) is 3.51. The Labute approximate surface area is 139 Å². The zero-order valence-corrected chi connectivity index (χ0v) is 13.3. The molecule has 0 fully saturated rings. The number of amides is 2. The minimum atomic E-state index is -1.26. The summed E-state index contributed by atoms with van der Waals surface area (Å²) in [5.41, 5.74) is 1.18. The summed E-state index contributed by atoms with van der Waals surface area (Å²) in [6.07, 6.45) is -1.26. The van der Waals surface area contributed by atoms with Gasteiger partial charge in [-0.05, 0) is 30.2 Å². The first-order chi connectivity index (χ1) is 11.5. The highest BCUT2D eigenvalue weighted by atomic mass is 19.1. The summed E-state index contributed by atoms with van der Waals surface area (Å²) in [4.78, 5) is 23.7. The van der Waals surface area contributed by atoms with Gasteiger partial charge in [-0.1, -0.05) is 36.4 Å². The number of rotatable bonds is 6. The minimum Gasteiger partial charge on any atom is -0.378 e. The molecule has 5 nitrogen and oxygen atoms in total. The highest BCUT2D eigenvalue weighted by Gasteiger charge is 2.16. The summed E-state index contributed by atoms with van der Waals surface area (Å²) in [5, 5.41) is 15.0. The SMILES string of the molecule is Cc1ccc(C(=O)NCCNC(=O)C(O)c2ccccc2)cc1F. The number of benzene rings is 2. The molecular formula is C18H19FN2O3. The molecule has 0 spiro atoms. The lowest BCUT2D eigenvalue weighted by atomic mass is 10.1. The number of aliphatic hydroxyl groups is 1. The van der Waals surface area contributed by atoms with Crippen LogP contribution in [0.5, 0.6) is 0 Å². The molecule has 0 aliphatic heterocycles. The molecule has 1 unspecified atom stereocenters. The van der Waals surface area contributed by atoms with Crippen molar-refractivity contribution in [2.24, 2.45) is 0 Å². The maximum atomic E-state index is 13.4. The third kappa shape index (κ3) is 4.63. The van der Waals surface area contributed by atoms with Crippen molar-refractivity contribution in [3.63, 3.8) is 0 Å². The van der Waals surface area contributed by atoms with Crippen LogP contribution in [0.2, 0.25) is 0 Å². The van der Waals surface area contributed by atoms with Crippen LogP contribution in [0, 0.1) is 12.7 Å². The zero-order chi connectivity index (χ0) is 17.5. The van der Waals surface area contributed by atoms with Crippen LogP contribution in [0.4, 0.5) is 4.39 Å². The maximum absolute atomic E-state index is 13.4. The first-order valence-corrected chi connectivity index (χ1v) is 7.54. The van der Waals surface area contributed by atoms with Gasteiger partial charge < -0.3 is 15.7 Å². The van der Waals surface area contributed by atoms with Crippen molar-refractivity contribution in [2.75, 3.05) is 13.1 Å². The third-order valence-electron chi connectivity index (χ3n) is 3.51. The van der Waals surface area contributed by atoms with Crippen LogP contribution in [-0.4, -0.2) is 30.0 Å². The Bertz CT molecular complexity index is 719. The van der Waals surface area contributed by atoms with Crippen molar-refractivity contribution >= 4 is 11.8 Å². The van der Waals surface area contributed by atoms with Crippen molar-refractivity contribution in [1.29, 1.82) is 0 Å². The van der Waals surface area contributed by atoms with Gasteiger partial charge in [-0.3, -0.25) is 9.59 Å². The molecule has 1 atom stereocenters. The van der Waals surface area contributed by atoms with Gasteiger partial charge in [0.15, 0.2) is 6.10 Å². The van der Waals surface area contributed by atoms with E-state index in [1.54, 1.807) is 37.3 Å². The molecule has 24 heavy (non-hydrogen) atoms. The van der Waals surface area contributed by atoms with Crippen LogP contribution in [0.3, 0.4) is 0 Å². The molecule has 6 heteroatoms. The first-order valence-electron chi connectivity index (χ1n) is 7.54. The largest absolute Gasteiger partial charge is 0.378 e. The summed E-state index contributed by atoms with van der Waals surface area (Å²) >= 11 is 0. The van der Waals surface area contributed by atoms with Gasteiger partial charge in [-0.2, -0.15) is 0 Å². The fourth-order valence-corrected chi connectivity index (χ4v) is 2.08. The molecule has 0 heterocycles. The maximum Gasteiger partial charge on any atom is 0.253 e. The van der Waals surface area contributed by atoms with Gasteiger partial charge in [0.2, 0.25) is 0 Å². The van der Waals surface area contributed by atoms with Crippen LogP contribution >= 0.6 is 0 Å². The molecule has 2 amide bonds. The Balaban J connectivity index is 1.77. The Morgan fingerprint density at radius 2 is 1.75 bits per heavy atom. The second-order valence-electron chi connectivity index (χ2n) is 5.32. The van der Waals surface area contributed by atoms with E-state index in [1.165, 1.54) is 18.2 Å². The molecule has 2 rings (SSSR count). The summed E-state index contributed by atoms with van der Waals surface area (Å²) in [5.74, 6) is -1.41. The second-order valence-corrected chi connectivity index (χ2v) is 5.32. The van der Waals surface area contributed by atoms with Gasteiger partial charge in [0.1, 0.15) is 5.82 Å². The van der Waals surface area contributed by atoms with E-state index in [0.717, 1.165) is 0 Å². The molecule has 2 aromatic carbocycles. The van der Waals surface area contributed by atoms with Crippen molar-refractivity contribution in [3.05, 3.63) is 71.0 Å². The average Bonchev–Trinajstić information content (AvgIpc) is 2.60. The van der Waals surface area contributed by atoms with Gasteiger partial charge in [-0.15, -0.1) is 0 Å². The van der Waals surface area contributed by atoms with Crippen molar-refractivity contribution < 1.29 is 19.1 Å². The molecule has 3 N–H and O–H groups in total. The Morgan fingerprint density at radius 3 is 2.42 bits per heavy atom. The zero-order valence-electron chi connectivity index (χ0n) is 13.3. The molecular weight excluding hydrogens is 311 g/mol. The van der Waals surface area contributed by atoms with Gasteiger partial charge in [0.25, 0.3) is 11.8 Å². The Kier molecular flexibility index (Phi) is 6.03. The predicted octanol–water partition coefficient (Wildman–Crippen LogP) is 1.71. The molecule has 0 saturated carbocycles. The van der Waals surface area contributed by atoms with E-state index in [-0.39, 0.29) is 18.7 Å². The smallest absolute Gasteiger partial charge is 0.253 e. The van der Waals surface area contributed by atoms with Crippen molar-refractivity contribution in [1.82, 2.24) is 10.6 Å². The number of aliphatic hydroxyl groups excluding tert-OH is 1. The van der Waals surface area contributed by atoms with E-state index in [9.17, 15) is 19.1 Å². The molecule has 0 saturated heterocycles. The van der Waals surface area contributed by atoms with Crippen LogP contribution in [0.15, 0.2) is 48.5 Å². The van der Waals surface area contributed by atoms with E-state index < -0.39 is 23.7 Å². The number of aryl methyl sites for hydroxylation is 1. The Morgan fingerprint density at radius 1 is 1.08 bits per heavy atom. The second kappa shape index (κ2) is 8.21. The number of nitrogens with one attached hydrogen (secondary N) is 2. The normalized spacial score (nSPS) is 11.6. The lowest BCUT2D eigenvalue weighted by Gasteiger charge is -2.12. The van der Waals surface area contributed by atoms with E-state index in [0.29, 0.717) is 11.1 Å². The first kappa shape index (κ1) is 17.6. The topological polar surface area (TPSA) is 78.4 Å².